The number of nitrogens with zero attached hydrogens (tertiary/aromatic N) is 1. The minimum absolute atomic E-state index is 0.153. The van der Waals surface area contributed by atoms with Crippen LogP contribution in [0.3, 0.4) is 0 Å². The van der Waals surface area contributed by atoms with Crippen LogP contribution in [-0.4, -0.2) is 36.8 Å². The third-order valence-corrected chi connectivity index (χ3v) is 3.70. The molecule has 0 spiro atoms. The zero-order chi connectivity index (χ0) is 11.3. The largest absolute Gasteiger partial charge is 0.492 e. The van der Waals surface area contributed by atoms with Gasteiger partial charge in [0.15, 0.2) is 0 Å². The molecule has 15 heavy (non-hydrogen) atoms. The molecule has 2 rings (SSSR count). The summed E-state index contributed by atoms with van der Waals surface area (Å²) in [6.45, 7) is 9.43. The molecule has 3 nitrogen and oxygen atoms in total. The molecular formula is C11H20BNO2. The van der Waals surface area contributed by atoms with Crippen LogP contribution in [0.5, 0.6) is 0 Å². The first-order valence-corrected chi connectivity index (χ1v) is 5.58. The molecule has 0 atom stereocenters. The van der Waals surface area contributed by atoms with Crippen molar-refractivity contribution in [3.8, 4) is 0 Å². The van der Waals surface area contributed by atoms with Gasteiger partial charge in [0.25, 0.3) is 0 Å². The average molecular weight is 209 g/mol. The molecule has 4 heteroatoms. The summed E-state index contributed by atoms with van der Waals surface area (Å²) in [6.07, 6.45) is 3.19. The Bertz CT molecular complexity index is 283. The number of rotatable bonds is 1. The van der Waals surface area contributed by atoms with Gasteiger partial charge in [-0.15, -0.1) is 0 Å². The monoisotopic (exact) mass is 209 g/mol. The smallest absolute Gasteiger partial charge is 0.400 e. The highest BCUT2D eigenvalue weighted by atomic mass is 16.7. The summed E-state index contributed by atoms with van der Waals surface area (Å²) >= 11 is 0. The van der Waals surface area contributed by atoms with Gasteiger partial charge in [0.1, 0.15) is 0 Å². The maximum atomic E-state index is 5.98. The summed E-state index contributed by atoms with van der Waals surface area (Å²) in [5, 5.41) is 0. The zero-order valence-corrected chi connectivity index (χ0v) is 10.3. The quantitative estimate of drug-likeness (QED) is 0.615. The molecule has 0 saturated carbocycles. The second kappa shape index (κ2) is 3.26. The van der Waals surface area contributed by atoms with Crippen molar-refractivity contribution in [2.45, 2.75) is 45.3 Å². The van der Waals surface area contributed by atoms with Crippen LogP contribution in [-0.2, 0) is 9.31 Å². The molecule has 2 heterocycles. The topological polar surface area (TPSA) is 21.7 Å². The molecular weight excluding hydrogens is 189 g/mol. The molecule has 0 N–H and O–H groups in total. The molecule has 0 unspecified atom stereocenters. The summed E-state index contributed by atoms with van der Waals surface area (Å²) in [4.78, 5) is 2.18. The van der Waals surface area contributed by atoms with E-state index in [1.54, 1.807) is 0 Å². The maximum absolute atomic E-state index is 5.98. The molecule has 0 aliphatic carbocycles. The van der Waals surface area contributed by atoms with Crippen LogP contribution in [0.4, 0.5) is 0 Å². The van der Waals surface area contributed by atoms with Gasteiger partial charge in [-0.1, -0.05) is 0 Å². The van der Waals surface area contributed by atoms with Crippen molar-refractivity contribution in [2.24, 2.45) is 0 Å². The van der Waals surface area contributed by atoms with Crippen LogP contribution < -0.4 is 0 Å². The molecule has 0 amide bonds. The van der Waals surface area contributed by atoms with Gasteiger partial charge in [0, 0.05) is 13.6 Å². The highest BCUT2D eigenvalue weighted by Gasteiger charge is 2.52. The van der Waals surface area contributed by atoms with E-state index in [2.05, 4.69) is 45.8 Å². The van der Waals surface area contributed by atoms with Crippen molar-refractivity contribution in [3.63, 3.8) is 0 Å². The van der Waals surface area contributed by atoms with E-state index in [0.29, 0.717) is 0 Å². The fourth-order valence-electron chi connectivity index (χ4n) is 1.89. The Morgan fingerprint density at radius 2 is 1.73 bits per heavy atom. The van der Waals surface area contributed by atoms with Crippen molar-refractivity contribution in [3.05, 3.63) is 11.7 Å². The predicted molar refractivity (Wildman–Crippen MR) is 61.4 cm³/mol. The second-order valence-corrected chi connectivity index (χ2v) is 5.52. The Kier molecular flexibility index (Phi) is 2.39. The van der Waals surface area contributed by atoms with Crippen molar-refractivity contribution in [1.29, 1.82) is 0 Å². The van der Waals surface area contributed by atoms with E-state index in [1.807, 2.05) is 0 Å². The first-order chi connectivity index (χ1) is 6.82. The third kappa shape index (κ3) is 1.81. The van der Waals surface area contributed by atoms with Gasteiger partial charge < -0.3 is 14.2 Å². The summed E-state index contributed by atoms with van der Waals surface area (Å²) < 4.78 is 12.0. The highest BCUT2D eigenvalue weighted by Crippen LogP contribution is 2.39. The Balaban J connectivity index is 2.13. The summed E-state index contributed by atoms with van der Waals surface area (Å²) in [5.74, 6) is 0. The predicted octanol–water partition coefficient (Wildman–Crippen LogP) is 1.84. The molecule has 2 aliphatic heterocycles. The summed E-state index contributed by atoms with van der Waals surface area (Å²) in [5.41, 5.74) is 0.815. The molecule has 84 valence electrons. The van der Waals surface area contributed by atoms with E-state index in [1.165, 1.54) is 5.47 Å². The van der Waals surface area contributed by atoms with Crippen molar-refractivity contribution >= 4 is 7.12 Å². The van der Waals surface area contributed by atoms with Crippen LogP contribution in [0.25, 0.3) is 0 Å². The van der Waals surface area contributed by atoms with Crippen molar-refractivity contribution < 1.29 is 9.31 Å². The number of hydrogen-bond acceptors (Lipinski definition) is 3. The van der Waals surface area contributed by atoms with Gasteiger partial charge in [-0.3, -0.25) is 0 Å². The summed E-state index contributed by atoms with van der Waals surface area (Å²) in [6, 6.07) is 0. The Morgan fingerprint density at radius 3 is 2.13 bits per heavy atom. The van der Waals surface area contributed by atoms with Crippen LogP contribution in [0.1, 0.15) is 34.1 Å². The SMILES string of the molecule is CN1C=C(B2OC(C)(C)C(C)(C)O2)CC1. The molecule has 0 aromatic heterocycles. The first kappa shape index (κ1) is 11.0. The molecule has 0 radical (unpaired) electrons. The van der Waals surface area contributed by atoms with E-state index in [4.69, 9.17) is 9.31 Å². The third-order valence-electron chi connectivity index (χ3n) is 3.70. The Labute approximate surface area is 92.6 Å². The second-order valence-electron chi connectivity index (χ2n) is 5.52. The minimum Gasteiger partial charge on any atom is -0.400 e. The lowest BCUT2D eigenvalue weighted by molar-refractivity contribution is 0.00578. The standard InChI is InChI=1S/C11H20BNO2/c1-10(2)11(3,4)15-12(14-10)9-6-7-13(5)8-9/h8H,6-7H2,1-5H3. The molecule has 1 saturated heterocycles. The first-order valence-electron chi connectivity index (χ1n) is 5.58. The lowest BCUT2D eigenvalue weighted by Crippen LogP contribution is -2.41. The molecule has 0 bridgehead atoms. The molecule has 1 fully saturated rings. The van der Waals surface area contributed by atoms with Crippen LogP contribution in [0.15, 0.2) is 11.7 Å². The van der Waals surface area contributed by atoms with Gasteiger partial charge in [0.2, 0.25) is 0 Å². The zero-order valence-electron chi connectivity index (χ0n) is 10.3. The lowest BCUT2D eigenvalue weighted by atomic mass is 9.78. The van der Waals surface area contributed by atoms with E-state index < -0.39 is 0 Å². The Hall–Kier alpha value is -0.475. The molecule has 0 aromatic rings. The normalized spacial score (nSPS) is 28.5. The average Bonchev–Trinajstić information content (AvgIpc) is 2.56. The van der Waals surface area contributed by atoms with Gasteiger partial charge >= 0.3 is 7.12 Å². The van der Waals surface area contributed by atoms with E-state index in [0.717, 1.165) is 13.0 Å². The molecule has 0 aromatic carbocycles. The van der Waals surface area contributed by atoms with Crippen molar-refractivity contribution in [1.82, 2.24) is 4.90 Å². The van der Waals surface area contributed by atoms with Crippen LogP contribution in [0, 0.1) is 0 Å². The Morgan fingerprint density at radius 1 is 1.20 bits per heavy atom. The van der Waals surface area contributed by atoms with E-state index in [9.17, 15) is 0 Å². The lowest BCUT2D eigenvalue weighted by Gasteiger charge is -2.32. The highest BCUT2D eigenvalue weighted by molar-refractivity contribution is 6.54. The van der Waals surface area contributed by atoms with Crippen LogP contribution in [0.2, 0.25) is 0 Å². The van der Waals surface area contributed by atoms with E-state index >= 15 is 0 Å². The fourth-order valence-corrected chi connectivity index (χ4v) is 1.89. The molecule has 2 aliphatic rings. The maximum Gasteiger partial charge on any atom is 0.492 e. The van der Waals surface area contributed by atoms with Gasteiger partial charge in [-0.05, 0) is 45.8 Å². The van der Waals surface area contributed by atoms with Gasteiger partial charge in [-0.25, -0.2) is 0 Å². The van der Waals surface area contributed by atoms with E-state index in [-0.39, 0.29) is 18.3 Å². The summed E-state index contributed by atoms with van der Waals surface area (Å²) in [7, 11) is 1.93. The minimum atomic E-state index is -0.223. The fraction of sp³-hybridized carbons (Fsp3) is 0.818. The van der Waals surface area contributed by atoms with Crippen LogP contribution >= 0.6 is 0 Å². The van der Waals surface area contributed by atoms with Gasteiger partial charge in [0.05, 0.1) is 11.2 Å². The number of hydrogen-bond donors (Lipinski definition) is 0. The van der Waals surface area contributed by atoms with Gasteiger partial charge in [-0.2, -0.15) is 0 Å². The van der Waals surface area contributed by atoms with Crippen molar-refractivity contribution in [2.75, 3.05) is 13.6 Å².